The molecule has 0 aliphatic carbocycles. The van der Waals surface area contributed by atoms with Crippen molar-refractivity contribution in [2.45, 2.75) is 26.3 Å². The number of thiazole rings is 1. The fourth-order valence-corrected chi connectivity index (χ4v) is 2.84. The first-order valence-corrected chi connectivity index (χ1v) is 7.38. The summed E-state index contributed by atoms with van der Waals surface area (Å²) >= 11 is 1.40. The Bertz CT molecular complexity index is 581. The van der Waals surface area contributed by atoms with Gasteiger partial charge in [-0.25, -0.2) is 4.98 Å². The molecule has 0 spiro atoms. The number of hydrogen-bond donors (Lipinski definition) is 2. The third-order valence-corrected chi connectivity index (χ3v) is 4.17. The van der Waals surface area contributed by atoms with Crippen molar-refractivity contribution in [1.29, 1.82) is 0 Å². The van der Waals surface area contributed by atoms with Crippen LogP contribution >= 0.6 is 11.3 Å². The Labute approximate surface area is 122 Å². The third kappa shape index (κ3) is 3.43. The number of carbonyl (C=O) groups is 1. The molecule has 1 amide bonds. The van der Waals surface area contributed by atoms with Crippen molar-refractivity contribution in [3.05, 3.63) is 40.9 Å². The Hall–Kier alpha value is -1.72. The first-order valence-electron chi connectivity index (χ1n) is 6.56. The van der Waals surface area contributed by atoms with Crippen molar-refractivity contribution in [1.82, 2.24) is 10.3 Å². The van der Waals surface area contributed by atoms with E-state index >= 15 is 0 Å². The monoisotopic (exact) mass is 290 g/mol. The van der Waals surface area contributed by atoms with Crippen molar-refractivity contribution in [3.63, 3.8) is 0 Å². The summed E-state index contributed by atoms with van der Waals surface area (Å²) in [5.41, 5.74) is 1.76. The lowest BCUT2D eigenvalue weighted by molar-refractivity contribution is 0.0937. The highest BCUT2D eigenvalue weighted by atomic mass is 32.1. The number of nitrogens with zero attached hydrogens (tertiary/aromatic N) is 1. The van der Waals surface area contributed by atoms with E-state index in [-0.39, 0.29) is 18.6 Å². The third-order valence-electron chi connectivity index (χ3n) is 2.96. The summed E-state index contributed by atoms with van der Waals surface area (Å²) in [6.07, 6.45) is 0.551. The van der Waals surface area contributed by atoms with Crippen LogP contribution in [0.15, 0.2) is 30.3 Å². The molecule has 0 radical (unpaired) electrons. The van der Waals surface area contributed by atoms with Crippen LogP contribution in [-0.4, -0.2) is 28.6 Å². The molecule has 1 unspecified atom stereocenters. The van der Waals surface area contributed by atoms with Crippen molar-refractivity contribution in [2.75, 3.05) is 6.61 Å². The van der Waals surface area contributed by atoms with Crippen LogP contribution in [0.3, 0.4) is 0 Å². The molecule has 1 aromatic carbocycles. The van der Waals surface area contributed by atoms with Gasteiger partial charge in [-0.05, 0) is 20.3 Å². The SMILES string of the molecule is Cc1nc(-c2ccccc2)sc1C(=O)NC(C)CCO. The van der Waals surface area contributed by atoms with Gasteiger partial charge in [-0.2, -0.15) is 0 Å². The molecule has 2 N–H and O–H groups in total. The number of benzene rings is 1. The minimum atomic E-state index is -0.122. The molecule has 0 aliphatic rings. The van der Waals surface area contributed by atoms with Crippen LogP contribution in [-0.2, 0) is 0 Å². The Balaban J connectivity index is 2.17. The Morgan fingerprint density at radius 3 is 2.75 bits per heavy atom. The molecule has 1 heterocycles. The van der Waals surface area contributed by atoms with E-state index in [1.165, 1.54) is 11.3 Å². The first kappa shape index (κ1) is 14.7. The molecule has 2 rings (SSSR count). The van der Waals surface area contributed by atoms with Crippen LogP contribution in [0.2, 0.25) is 0 Å². The molecule has 1 atom stereocenters. The van der Waals surface area contributed by atoms with E-state index in [0.29, 0.717) is 11.3 Å². The van der Waals surface area contributed by atoms with Crippen LogP contribution in [0, 0.1) is 6.92 Å². The maximum absolute atomic E-state index is 12.2. The predicted molar refractivity (Wildman–Crippen MR) is 80.9 cm³/mol. The lowest BCUT2D eigenvalue weighted by atomic mass is 10.2. The zero-order valence-electron chi connectivity index (χ0n) is 11.6. The average molecular weight is 290 g/mol. The number of carbonyl (C=O) groups excluding carboxylic acids is 1. The maximum Gasteiger partial charge on any atom is 0.263 e. The first-order chi connectivity index (χ1) is 9.61. The van der Waals surface area contributed by atoms with Crippen molar-refractivity contribution in [3.8, 4) is 10.6 Å². The van der Waals surface area contributed by atoms with Crippen LogP contribution in [0.4, 0.5) is 0 Å². The molecule has 5 heteroatoms. The summed E-state index contributed by atoms with van der Waals surface area (Å²) in [4.78, 5) is 17.3. The van der Waals surface area contributed by atoms with Gasteiger partial charge < -0.3 is 10.4 Å². The van der Waals surface area contributed by atoms with E-state index < -0.39 is 0 Å². The number of aryl methyl sites for hydroxylation is 1. The van der Waals surface area contributed by atoms with Gasteiger partial charge in [-0.15, -0.1) is 11.3 Å². The lowest BCUT2D eigenvalue weighted by Crippen LogP contribution is -2.33. The zero-order chi connectivity index (χ0) is 14.5. The van der Waals surface area contributed by atoms with Gasteiger partial charge in [0.1, 0.15) is 9.88 Å². The second-order valence-corrected chi connectivity index (χ2v) is 5.69. The molecule has 0 saturated heterocycles. The fourth-order valence-electron chi connectivity index (χ4n) is 1.87. The fraction of sp³-hybridized carbons (Fsp3) is 0.333. The highest BCUT2D eigenvalue weighted by Crippen LogP contribution is 2.27. The Kier molecular flexibility index (Phi) is 4.87. The molecule has 2 aromatic rings. The molecule has 0 fully saturated rings. The molecule has 106 valence electrons. The number of hydrogen-bond acceptors (Lipinski definition) is 4. The van der Waals surface area contributed by atoms with Crippen molar-refractivity contribution >= 4 is 17.2 Å². The number of aliphatic hydroxyl groups is 1. The Morgan fingerprint density at radius 2 is 2.10 bits per heavy atom. The second-order valence-electron chi connectivity index (χ2n) is 4.69. The standard InChI is InChI=1S/C15H18N2O2S/c1-10(8-9-18)16-14(19)13-11(2)17-15(20-13)12-6-4-3-5-7-12/h3-7,10,18H,8-9H2,1-2H3,(H,16,19). The summed E-state index contributed by atoms with van der Waals surface area (Å²) in [6.45, 7) is 3.79. The summed E-state index contributed by atoms with van der Waals surface area (Å²) < 4.78 is 0. The molecule has 20 heavy (non-hydrogen) atoms. The molecular formula is C15H18N2O2S. The van der Waals surface area contributed by atoms with E-state index in [0.717, 1.165) is 16.3 Å². The summed E-state index contributed by atoms with van der Waals surface area (Å²) in [5.74, 6) is -0.122. The smallest absolute Gasteiger partial charge is 0.263 e. The average Bonchev–Trinajstić information content (AvgIpc) is 2.82. The van der Waals surface area contributed by atoms with E-state index in [2.05, 4.69) is 10.3 Å². The molecule has 4 nitrogen and oxygen atoms in total. The van der Waals surface area contributed by atoms with Crippen molar-refractivity contribution < 1.29 is 9.90 Å². The van der Waals surface area contributed by atoms with Crippen LogP contribution in [0.1, 0.15) is 28.7 Å². The maximum atomic E-state index is 12.2. The zero-order valence-corrected chi connectivity index (χ0v) is 12.4. The molecular weight excluding hydrogens is 272 g/mol. The Morgan fingerprint density at radius 1 is 1.40 bits per heavy atom. The second kappa shape index (κ2) is 6.63. The van der Waals surface area contributed by atoms with Crippen LogP contribution in [0.25, 0.3) is 10.6 Å². The van der Waals surface area contributed by atoms with Gasteiger partial charge >= 0.3 is 0 Å². The van der Waals surface area contributed by atoms with Gasteiger partial charge in [0.15, 0.2) is 0 Å². The molecule has 0 aliphatic heterocycles. The number of rotatable bonds is 5. The van der Waals surface area contributed by atoms with Gasteiger partial charge in [-0.3, -0.25) is 4.79 Å². The van der Waals surface area contributed by atoms with E-state index in [1.807, 2.05) is 44.2 Å². The van der Waals surface area contributed by atoms with Gasteiger partial charge in [0.2, 0.25) is 0 Å². The minimum Gasteiger partial charge on any atom is -0.396 e. The van der Waals surface area contributed by atoms with E-state index in [1.54, 1.807) is 0 Å². The lowest BCUT2D eigenvalue weighted by Gasteiger charge is -2.11. The van der Waals surface area contributed by atoms with Crippen molar-refractivity contribution in [2.24, 2.45) is 0 Å². The van der Waals surface area contributed by atoms with Crippen LogP contribution < -0.4 is 5.32 Å². The molecule has 1 aromatic heterocycles. The largest absolute Gasteiger partial charge is 0.396 e. The quantitative estimate of drug-likeness (QED) is 0.890. The molecule has 0 saturated carbocycles. The minimum absolute atomic E-state index is 0.0471. The van der Waals surface area contributed by atoms with E-state index in [4.69, 9.17) is 5.11 Å². The topological polar surface area (TPSA) is 62.2 Å². The van der Waals surface area contributed by atoms with Gasteiger partial charge in [0, 0.05) is 18.2 Å². The normalized spacial score (nSPS) is 12.2. The number of nitrogens with one attached hydrogen (secondary N) is 1. The highest BCUT2D eigenvalue weighted by Gasteiger charge is 2.17. The summed E-state index contributed by atoms with van der Waals surface area (Å²) in [7, 11) is 0. The van der Waals surface area contributed by atoms with Gasteiger partial charge in [0.25, 0.3) is 5.91 Å². The predicted octanol–water partition coefficient (Wildman–Crippen LogP) is 2.62. The van der Waals surface area contributed by atoms with Gasteiger partial charge in [0.05, 0.1) is 5.69 Å². The number of aliphatic hydroxyl groups excluding tert-OH is 1. The number of amides is 1. The van der Waals surface area contributed by atoms with E-state index in [9.17, 15) is 4.79 Å². The summed E-state index contributed by atoms with van der Waals surface area (Å²) in [6, 6.07) is 9.77. The molecule has 0 bridgehead atoms. The summed E-state index contributed by atoms with van der Waals surface area (Å²) in [5, 5.41) is 12.6. The highest BCUT2D eigenvalue weighted by molar-refractivity contribution is 7.17. The van der Waals surface area contributed by atoms with Crippen LogP contribution in [0.5, 0.6) is 0 Å². The number of aromatic nitrogens is 1. The van der Waals surface area contributed by atoms with Gasteiger partial charge in [-0.1, -0.05) is 30.3 Å².